The molecule has 2 N–H and O–H groups in total. The zero-order chi connectivity index (χ0) is 15.8. The Morgan fingerprint density at radius 2 is 2.10 bits per heavy atom. The summed E-state index contributed by atoms with van der Waals surface area (Å²) >= 11 is 3.48. The van der Waals surface area contributed by atoms with E-state index in [1.54, 1.807) is 0 Å². The molecule has 0 heterocycles. The number of rotatable bonds is 8. The van der Waals surface area contributed by atoms with Crippen LogP contribution in [0.1, 0.15) is 31.4 Å². The van der Waals surface area contributed by atoms with E-state index in [0.29, 0.717) is 19.0 Å². The molecule has 1 aromatic rings. The van der Waals surface area contributed by atoms with Gasteiger partial charge < -0.3 is 15.4 Å². The van der Waals surface area contributed by atoms with E-state index in [-0.39, 0.29) is 12.5 Å². The fourth-order valence-corrected chi connectivity index (χ4v) is 2.64. The Kier molecular flexibility index (Phi) is 7.75. The van der Waals surface area contributed by atoms with Gasteiger partial charge in [-0.1, -0.05) is 29.8 Å². The maximum Gasteiger partial charge on any atom is 0.257 e. The molecule has 0 aliphatic carbocycles. The normalized spacial score (nSPS) is 10.8. The van der Waals surface area contributed by atoms with Crippen LogP contribution in [-0.2, 0) is 11.3 Å². The van der Waals surface area contributed by atoms with Crippen LogP contribution < -0.4 is 15.4 Å². The van der Waals surface area contributed by atoms with E-state index in [1.807, 2.05) is 26.1 Å². The molecule has 0 atom stereocenters. The second-order valence-corrected chi connectivity index (χ2v) is 6.48. The van der Waals surface area contributed by atoms with Gasteiger partial charge in [-0.25, -0.2) is 0 Å². The van der Waals surface area contributed by atoms with Crippen LogP contribution >= 0.6 is 15.9 Å². The van der Waals surface area contributed by atoms with E-state index < -0.39 is 0 Å². The average Bonchev–Trinajstić information content (AvgIpc) is 2.37. The highest BCUT2D eigenvalue weighted by molar-refractivity contribution is 9.10. The van der Waals surface area contributed by atoms with Gasteiger partial charge >= 0.3 is 0 Å². The lowest BCUT2D eigenvalue weighted by Gasteiger charge is -2.15. The Hall–Kier alpha value is -1.07. The van der Waals surface area contributed by atoms with Gasteiger partial charge in [0.1, 0.15) is 5.75 Å². The lowest BCUT2D eigenvalue weighted by atomic mass is 10.1. The first-order valence-corrected chi connectivity index (χ1v) is 8.06. The van der Waals surface area contributed by atoms with Crippen molar-refractivity contribution in [3.8, 4) is 5.75 Å². The molecule has 0 aliphatic rings. The Bertz CT molecular complexity index is 476. The smallest absolute Gasteiger partial charge is 0.257 e. The molecule has 0 saturated carbocycles. The predicted molar refractivity (Wildman–Crippen MR) is 89.6 cm³/mol. The molecule has 4 nitrogen and oxygen atoms in total. The third-order valence-electron chi connectivity index (χ3n) is 3.08. The van der Waals surface area contributed by atoms with Crippen LogP contribution in [0.3, 0.4) is 0 Å². The number of carbonyl (C=O) groups is 1. The highest BCUT2D eigenvalue weighted by Crippen LogP contribution is 2.28. The minimum atomic E-state index is -0.0756. The average molecular weight is 357 g/mol. The molecule has 21 heavy (non-hydrogen) atoms. The van der Waals surface area contributed by atoms with Gasteiger partial charge in [-0.2, -0.15) is 0 Å². The van der Waals surface area contributed by atoms with E-state index in [0.717, 1.165) is 27.8 Å². The lowest BCUT2D eigenvalue weighted by molar-refractivity contribution is -0.123. The highest BCUT2D eigenvalue weighted by atomic mass is 79.9. The Morgan fingerprint density at radius 1 is 1.38 bits per heavy atom. The van der Waals surface area contributed by atoms with Crippen LogP contribution in [0.25, 0.3) is 0 Å². The summed E-state index contributed by atoms with van der Waals surface area (Å²) in [5, 5.41) is 5.99. The van der Waals surface area contributed by atoms with Crippen molar-refractivity contribution in [2.75, 3.05) is 20.2 Å². The Balaban J connectivity index is 2.60. The number of amides is 1. The van der Waals surface area contributed by atoms with E-state index in [1.165, 1.54) is 0 Å². The zero-order valence-corrected chi connectivity index (χ0v) is 14.8. The largest absolute Gasteiger partial charge is 0.483 e. The molecule has 0 radical (unpaired) electrons. The molecule has 1 rings (SSSR count). The van der Waals surface area contributed by atoms with Crippen LogP contribution in [0.4, 0.5) is 0 Å². The van der Waals surface area contributed by atoms with Crippen molar-refractivity contribution in [1.29, 1.82) is 0 Å². The maximum absolute atomic E-state index is 11.8. The number of ether oxygens (including phenoxy) is 1. The standard InChI is InChI=1S/C16H25BrN2O2/c1-11(2)5-6-19-15(20)10-21-16-12(3)7-14(17)8-13(16)9-18-4/h7-8,11,18H,5-6,9-10H2,1-4H3,(H,19,20). The van der Waals surface area contributed by atoms with Gasteiger partial charge in [-0.3, -0.25) is 4.79 Å². The summed E-state index contributed by atoms with van der Waals surface area (Å²) in [6.45, 7) is 7.70. The first-order valence-electron chi connectivity index (χ1n) is 7.27. The van der Waals surface area contributed by atoms with E-state index >= 15 is 0 Å². The van der Waals surface area contributed by atoms with Gasteiger partial charge in [0.05, 0.1) is 0 Å². The fraction of sp³-hybridized carbons (Fsp3) is 0.562. The van der Waals surface area contributed by atoms with Crippen LogP contribution in [0.5, 0.6) is 5.75 Å². The first kappa shape index (κ1) is 18.0. The summed E-state index contributed by atoms with van der Waals surface area (Å²) in [6.07, 6.45) is 0.980. The third-order valence-corrected chi connectivity index (χ3v) is 3.53. The van der Waals surface area contributed by atoms with Crippen molar-refractivity contribution < 1.29 is 9.53 Å². The minimum absolute atomic E-state index is 0.0529. The summed E-state index contributed by atoms with van der Waals surface area (Å²) in [5.41, 5.74) is 2.06. The van der Waals surface area contributed by atoms with E-state index in [4.69, 9.17) is 4.74 Å². The van der Waals surface area contributed by atoms with Gasteiger partial charge in [-0.15, -0.1) is 0 Å². The van der Waals surface area contributed by atoms with E-state index in [2.05, 4.69) is 40.4 Å². The second-order valence-electron chi connectivity index (χ2n) is 5.56. The van der Waals surface area contributed by atoms with Crippen LogP contribution in [0.15, 0.2) is 16.6 Å². The summed E-state index contributed by atoms with van der Waals surface area (Å²) < 4.78 is 6.73. The number of halogens is 1. The summed E-state index contributed by atoms with van der Waals surface area (Å²) in [6, 6.07) is 4.00. The fourth-order valence-electron chi connectivity index (χ4n) is 2.02. The van der Waals surface area contributed by atoms with Crippen LogP contribution in [0.2, 0.25) is 0 Å². The SMILES string of the molecule is CNCc1cc(Br)cc(C)c1OCC(=O)NCCC(C)C. The van der Waals surface area contributed by atoms with Crippen LogP contribution in [-0.4, -0.2) is 26.1 Å². The van der Waals surface area contributed by atoms with E-state index in [9.17, 15) is 4.79 Å². The van der Waals surface area contributed by atoms with Crippen molar-refractivity contribution in [3.05, 3.63) is 27.7 Å². The molecule has 0 aromatic heterocycles. The summed E-state index contributed by atoms with van der Waals surface area (Å²) in [5.74, 6) is 1.29. The van der Waals surface area contributed by atoms with Crippen molar-refractivity contribution in [2.24, 2.45) is 5.92 Å². The maximum atomic E-state index is 11.8. The molecule has 0 fully saturated rings. The molecular weight excluding hydrogens is 332 g/mol. The number of aryl methyl sites for hydroxylation is 1. The van der Waals surface area contributed by atoms with Gasteiger partial charge in [0, 0.05) is 23.1 Å². The third kappa shape index (κ3) is 6.48. The van der Waals surface area contributed by atoms with Gasteiger partial charge in [-0.05, 0) is 44.0 Å². The topological polar surface area (TPSA) is 50.4 Å². The molecule has 1 amide bonds. The summed E-state index contributed by atoms with van der Waals surface area (Å²) in [4.78, 5) is 11.8. The quantitative estimate of drug-likeness (QED) is 0.752. The van der Waals surface area contributed by atoms with Crippen molar-refractivity contribution in [3.63, 3.8) is 0 Å². The lowest BCUT2D eigenvalue weighted by Crippen LogP contribution is -2.30. The van der Waals surface area contributed by atoms with Crippen molar-refractivity contribution in [1.82, 2.24) is 10.6 Å². The monoisotopic (exact) mass is 356 g/mol. The van der Waals surface area contributed by atoms with Gasteiger partial charge in [0.25, 0.3) is 5.91 Å². The molecule has 118 valence electrons. The molecule has 0 aliphatic heterocycles. The van der Waals surface area contributed by atoms with Gasteiger partial charge in [0.2, 0.25) is 0 Å². The predicted octanol–water partition coefficient (Wildman–Crippen LogP) is 3.02. The molecule has 5 heteroatoms. The second kappa shape index (κ2) is 9.05. The molecule has 1 aromatic carbocycles. The molecular formula is C16H25BrN2O2. The Morgan fingerprint density at radius 3 is 2.71 bits per heavy atom. The zero-order valence-electron chi connectivity index (χ0n) is 13.3. The van der Waals surface area contributed by atoms with Crippen LogP contribution in [0, 0.1) is 12.8 Å². The summed E-state index contributed by atoms with van der Waals surface area (Å²) in [7, 11) is 1.89. The highest BCUT2D eigenvalue weighted by Gasteiger charge is 2.11. The molecule has 0 bridgehead atoms. The number of hydrogen-bond acceptors (Lipinski definition) is 3. The number of carbonyl (C=O) groups excluding carboxylic acids is 1. The first-order chi connectivity index (χ1) is 9.93. The molecule has 0 spiro atoms. The molecule has 0 saturated heterocycles. The number of hydrogen-bond donors (Lipinski definition) is 2. The van der Waals surface area contributed by atoms with Crippen molar-refractivity contribution >= 4 is 21.8 Å². The van der Waals surface area contributed by atoms with Gasteiger partial charge in [0.15, 0.2) is 6.61 Å². The molecule has 0 unspecified atom stereocenters. The number of benzene rings is 1. The number of nitrogens with one attached hydrogen (secondary N) is 2. The minimum Gasteiger partial charge on any atom is -0.483 e. The Labute approximate surface area is 135 Å². The van der Waals surface area contributed by atoms with Crippen molar-refractivity contribution in [2.45, 2.75) is 33.7 Å².